The number of H-pyrrole nitrogens is 1. The third-order valence-corrected chi connectivity index (χ3v) is 4.43. The second-order valence-corrected chi connectivity index (χ2v) is 9.49. The number of nitrogens with two attached hydrogens (primary N) is 1. The predicted octanol–water partition coefficient (Wildman–Crippen LogP) is 2.20. The van der Waals surface area contributed by atoms with Crippen molar-refractivity contribution < 1.29 is 19.1 Å². The van der Waals surface area contributed by atoms with Crippen LogP contribution in [0.2, 0.25) is 0 Å². The second-order valence-electron chi connectivity index (χ2n) is 9.49. The molecular formula is C20H31N5O5. The molecule has 2 aromatic heterocycles. The monoisotopic (exact) mass is 421 g/mol. The van der Waals surface area contributed by atoms with Gasteiger partial charge in [-0.25, -0.2) is 4.98 Å². The van der Waals surface area contributed by atoms with Crippen LogP contribution >= 0.6 is 0 Å². The minimum absolute atomic E-state index is 0.0173. The molecule has 0 radical (unpaired) electrons. The fraction of sp³-hybridized carbons (Fsp3) is 0.650. The maximum Gasteiger partial charge on any atom is 0.311 e. The summed E-state index contributed by atoms with van der Waals surface area (Å²) in [5.74, 6) is -0.807. The third-order valence-electron chi connectivity index (χ3n) is 4.43. The van der Waals surface area contributed by atoms with Crippen LogP contribution in [0.15, 0.2) is 11.1 Å². The lowest BCUT2D eigenvalue weighted by molar-refractivity contribution is -0.169. The van der Waals surface area contributed by atoms with Crippen LogP contribution in [0.5, 0.6) is 0 Å². The van der Waals surface area contributed by atoms with Crippen molar-refractivity contribution in [2.75, 3.05) is 12.3 Å². The highest BCUT2D eigenvalue weighted by atomic mass is 16.6. The van der Waals surface area contributed by atoms with Gasteiger partial charge in [-0.3, -0.25) is 19.4 Å². The van der Waals surface area contributed by atoms with Crippen molar-refractivity contribution in [1.82, 2.24) is 19.5 Å². The van der Waals surface area contributed by atoms with Gasteiger partial charge >= 0.3 is 11.9 Å². The molecule has 0 aromatic carbocycles. The van der Waals surface area contributed by atoms with Crippen LogP contribution in [0.1, 0.15) is 60.9 Å². The fourth-order valence-corrected chi connectivity index (χ4v) is 2.62. The molecule has 2 rings (SSSR count). The molecule has 0 aliphatic carbocycles. The van der Waals surface area contributed by atoms with E-state index in [1.54, 1.807) is 46.1 Å². The number of fused-ring (bicyclic) bond motifs is 1. The molecule has 0 aliphatic heterocycles. The molecule has 2 heterocycles. The zero-order chi connectivity index (χ0) is 22.9. The van der Waals surface area contributed by atoms with E-state index in [1.807, 2.05) is 6.92 Å². The fourth-order valence-electron chi connectivity index (χ4n) is 2.62. The zero-order valence-corrected chi connectivity index (χ0v) is 18.6. The van der Waals surface area contributed by atoms with Crippen molar-refractivity contribution in [3.8, 4) is 0 Å². The first-order valence-electron chi connectivity index (χ1n) is 9.80. The molecule has 0 spiro atoms. The summed E-state index contributed by atoms with van der Waals surface area (Å²) in [6, 6.07) is -0.269. The van der Waals surface area contributed by atoms with E-state index in [-0.39, 0.29) is 30.1 Å². The van der Waals surface area contributed by atoms with Gasteiger partial charge in [0.05, 0.1) is 17.2 Å². The van der Waals surface area contributed by atoms with Crippen molar-refractivity contribution in [2.24, 2.45) is 10.8 Å². The summed E-state index contributed by atoms with van der Waals surface area (Å²) in [6.45, 7) is 12.3. The molecule has 0 aliphatic rings. The van der Waals surface area contributed by atoms with Gasteiger partial charge in [-0.15, -0.1) is 0 Å². The summed E-state index contributed by atoms with van der Waals surface area (Å²) in [7, 11) is 0. The van der Waals surface area contributed by atoms with E-state index in [9.17, 15) is 14.4 Å². The number of hydrogen-bond acceptors (Lipinski definition) is 8. The number of aromatic nitrogens is 4. The Morgan fingerprint density at radius 2 is 1.77 bits per heavy atom. The molecule has 2 unspecified atom stereocenters. The number of nitrogens with zero attached hydrogens (tertiary/aromatic N) is 3. The first-order valence-corrected chi connectivity index (χ1v) is 9.80. The van der Waals surface area contributed by atoms with Crippen molar-refractivity contribution in [3.05, 3.63) is 16.7 Å². The summed E-state index contributed by atoms with van der Waals surface area (Å²) < 4.78 is 12.7. The Kier molecular flexibility index (Phi) is 6.58. The summed E-state index contributed by atoms with van der Waals surface area (Å²) in [6.07, 6.45) is 1.12. The van der Waals surface area contributed by atoms with Gasteiger partial charge in [-0.2, -0.15) is 4.98 Å². The lowest BCUT2D eigenvalue weighted by Gasteiger charge is -2.27. The highest BCUT2D eigenvalue weighted by molar-refractivity contribution is 5.76. The number of carbonyl (C=O) groups excluding carboxylic acids is 2. The van der Waals surface area contributed by atoms with Gasteiger partial charge in [0.15, 0.2) is 11.2 Å². The average Bonchev–Trinajstić information content (AvgIpc) is 3.01. The molecule has 10 heteroatoms. The number of anilines is 1. The molecule has 166 valence electrons. The maximum atomic E-state index is 12.4. The van der Waals surface area contributed by atoms with Gasteiger partial charge in [-0.05, 0) is 48.5 Å². The van der Waals surface area contributed by atoms with E-state index in [2.05, 4.69) is 15.0 Å². The predicted molar refractivity (Wildman–Crippen MR) is 112 cm³/mol. The van der Waals surface area contributed by atoms with Crippen molar-refractivity contribution >= 4 is 29.1 Å². The molecule has 0 fully saturated rings. The molecule has 30 heavy (non-hydrogen) atoms. The largest absolute Gasteiger partial charge is 0.461 e. The number of aromatic amines is 1. The summed E-state index contributed by atoms with van der Waals surface area (Å²) in [5.41, 5.74) is 4.34. The van der Waals surface area contributed by atoms with Crippen LogP contribution in [0, 0.1) is 10.8 Å². The topological polar surface area (TPSA) is 142 Å². The van der Waals surface area contributed by atoms with E-state index in [0.29, 0.717) is 12.1 Å². The molecule has 0 bridgehead atoms. The molecule has 10 nitrogen and oxygen atoms in total. The minimum atomic E-state index is -0.708. The van der Waals surface area contributed by atoms with E-state index < -0.39 is 28.5 Å². The molecule has 0 saturated heterocycles. The Labute approximate surface area is 175 Å². The summed E-state index contributed by atoms with van der Waals surface area (Å²) in [5, 5.41) is 0. The Morgan fingerprint density at radius 1 is 1.17 bits per heavy atom. The van der Waals surface area contributed by atoms with Gasteiger partial charge in [-0.1, -0.05) is 0 Å². The minimum Gasteiger partial charge on any atom is -0.461 e. The van der Waals surface area contributed by atoms with Crippen molar-refractivity contribution in [2.45, 2.75) is 67.0 Å². The zero-order valence-electron chi connectivity index (χ0n) is 18.6. The molecule has 0 amide bonds. The number of imidazole rings is 1. The number of nitrogens with one attached hydrogen (secondary N) is 1. The highest BCUT2D eigenvalue weighted by Crippen LogP contribution is 2.24. The lowest BCUT2D eigenvalue weighted by Crippen LogP contribution is -2.34. The quantitative estimate of drug-likeness (QED) is 0.676. The van der Waals surface area contributed by atoms with E-state index in [4.69, 9.17) is 15.2 Å². The van der Waals surface area contributed by atoms with E-state index in [1.165, 1.54) is 6.33 Å². The first-order chi connectivity index (χ1) is 13.7. The molecule has 2 atom stereocenters. The Hall–Kier alpha value is -2.91. The Balaban J connectivity index is 2.24. The number of nitrogen functional groups attached to an aromatic ring is 1. The van der Waals surface area contributed by atoms with Crippen LogP contribution in [-0.2, 0) is 19.1 Å². The van der Waals surface area contributed by atoms with Gasteiger partial charge in [0.25, 0.3) is 5.56 Å². The number of carbonyl (C=O) groups is 2. The molecule has 3 N–H and O–H groups in total. The van der Waals surface area contributed by atoms with Crippen LogP contribution in [-0.4, -0.2) is 44.2 Å². The van der Waals surface area contributed by atoms with Crippen LogP contribution in [0.4, 0.5) is 5.95 Å². The number of hydrogen-bond donors (Lipinski definition) is 2. The average molecular weight is 421 g/mol. The maximum absolute atomic E-state index is 12.4. The van der Waals surface area contributed by atoms with Gasteiger partial charge in [0, 0.05) is 12.5 Å². The Morgan fingerprint density at radius 3 is 2.33 bits per heavy atom. The van der Waals surface area contributed by atoms with E-state index >= 15 is 0 Å². The van der Waals surface area contributed by atoms with Crippen molar-refractivity contribution in [1.29, 1.82) is 0 Å². The summed E-state index contributed by atoms with van der Waals surface area (Å²) in [4.78, 5) is 47.3. The summed E-state index contributed by atoms with van der Waals surface area (Å²) >= 11 is 0. The number of ether oxygens (including phenoxy) is 2. The van der Waals surface area contributed by atoms with Gasteiger partial charge < -0.3 is 19.8 Å². The SMILES string of the molecule is CC(CC(COC(=O)C(C)(C)C)OC(=O)C(C)(C)C)n1cnc2c(=O)[nH]c(N)nc21. The molecule has 2 aromatic rings. The van der Waals surface area contributed by atoms with Crippen LogP contribution in [0.3, 0.4) is 0 Å². The number of rotatable bonds is 6. The normalized spacial score (nSPS) is 14.4. The smallest absolute Gasteiger partial charge is 0.311 e. The first kappa shape index (κ1) is 23.4. The van der Waals surface area contributed by atoms with E-state index in [0.717, 1.165) is 0 Å². The highest BCUT2D eigenvalue weighted by Gasteiger charge is 2.30. The molecule has 0 saturated carbocycles. The second kappa shape index (κ2) is 8.45. The van der Waals surface area contributed by atoms with Gasteiger partial charge in [0.1, 0.15) is 12.7 Å². The third kappa shape index (κ3) is 5.58. The van der Waals surface area contributed by atoms with Crippen LogP contribution < -0.4 is 11.3 Å². The lowest BCUT2D eigenvalue weighted by atomic mass is 9.97. The van der Waals surface area contributed by atoms with Gasteiger partial charge in [0.2, 0.25) is 5.95 Å². The van der Waals surface area contributed by atoms with Crippen molar-refractivity contribution in [3.63, 3.8) is 0 Å². The standard InChI is InChI=1S/C20H31N5O5/c1-11(25-10-22-13-14(25)23-18(21)24-15(13)26)8-12(30-17(28)20(5,6)7)9-29-16(27)19(2,3)4/h10-12H,8-9H2,1-7H3,(H3,21,23,24,26). The number of esters is 2. The van der Waals surface area contributed by atoms with Crippen LogP contribution in [0.25, 0.3) is 11.2 Å². The molecular weight excluding hydrogens is 390 g/mol. The Bertz CT molecular complexity index is 980.